The molecule has 2 aliphatic heterocycles. The number of methoxy groups -OCH3 is 1. The first-order valence-electron chi connectivity index (χ1n) is 7.97. The summed E-state index contributed by atoms with van der Waals surface area (Å²) < 4.78 is 11.1. The highest BCUT2D eigenvalue weighted by atomic mass is 32.1. The van der Waals surface area contributed by atoms with Crippen molar-refractivity contribution in [3.05, 3.63) is 45.8 Å². The lowest BCUT2D eigenvalue weighted by Crippen LogP contribution is -2.39. The predicted molar refractivity (Wildman–Crippen MR) is 93.7 cm³/mol. The fourth-order valence-electron chi connectivity index (χ4n) is 3.23. The van der Waals surface area contributed by atoms with Crippen molar-refractivity contribution < 1.29 is 14.3 Å². The van der Waals surface area contributed by atoms with E-state index >= 15 is 0 Å². The fourth-order valence-corrected chi connectivity index (χ4v) is 4.39. The van der Waals surface area contributed by atoms with Crippen LogP contribution in [0.2, 0.25) is 0 Å². The maximum atomic E-state index is 12.7. The van der Waals surface area contributed by atoms with Crippen LogP contribution >= 0.6 is 11.3 Å². The van der Waals surface area contributed by atoms with Gasteiger partial charge in [-0.25, -0.2) is 0 Å². The van der Waals surface area contributed by atoms with Crippen LogP contribution in [0.1, 0.15) is 46.4 Å². The Morgan fingerprint density at radius 1 is 1.25 bits per heavy atom. The van der Waals surface area contributed by atoms with Crippen molar-refractivity contribution in [1.29, 1.82) is 0 Å². The zero-order chi connectivity index (χ0) is 16.9. The molecule has 0 saturated carbocycles. The predicted octanol–water partition coefficient (Wildman–Crippen LogP) is 3.46. The van der Waals surface area contributed by atoms with E-state index in [-0.39, 0.29) is 17.7 Å². The molecule has 1 aromatic heterocycles. The van der Waals surface area contributed by atoms with Gasteiger partial charge in [0.15, 0.2) is 0 Å². The largest absolute Gasteiger partial charge is 0.497 e. The summed E-state index contributed by atoms with van der Waals surface area (Å²) in [5, 5.41) is 7.46. The van der Waals surface area contributed by atoms with E-state index < -0.39 is 0 Å². The molecular weight excluding hydrogens is 324 g/mol. The normalized spacial score (nSPS) is 21.3. The molecule has 0 spiro atoms. The molecule has 2 N–H and O–H groups in total. The molecule has 3 heterocycles. The Balaban J connectivity index is 1.66. The summed E-state index contributed by atoms with van der Waals surface area (Å²) in [5.74, 6) is 0.785. The van der Waals surface area contributed by atoms with E-state index in [9.17, 15) is 4.79 Å². The van der Waals surface area contributed by atoms with Crippen LogP contribution in [0.5, 0.6) is 5.75 Å². The third-order valence-corrected chi connectivity index (χ3v) is 5.65. The summed E-state index contributed by atoms with van der Waals surface area (Å²) in [6.45, 7) is 4.70. The molecule has 1 amide bonds. The molecule has 1 atom stereocenters. The lowest BCUT2D eigenvalue weighted by Gasteiger charge is -2.31. The first-order valence-corrected chi connectivity index (χ1v) is 8.78. The summed E-state index contributed by atoms with van der Waals surface area (Å²) in [6, 6.07) is 7.71. The van der Waals surface area contributed by atoms with Crippen LogP contribution in [0.25, 0.3) is 0 Å². The van der Waals surface area contributed by atoms with Crippen molar-refractivity contribution in [3.8, 4) is 5.75 Å². The number of fused-ring (bicyclic) bond motifs is 3. The van der Waals surface area contributed by atoms with E-state index in [0.717, 1.165) is 38.7 Å². The van der Waals surface area contributed by atoms with Gasteiger partial charge in [0, 0.05) is 11.3 Å². The number of hydrogen-bond donors (Lipinski definition) is 2. The number of amides is 1. The molecule has 2 aromatic rings. The van der Waals surface area contributed by atoms with Gasteiger partial charge < -0.3 is 20.1 Å². The van der Waals surface area contributed by atoms with Gasteiger partial charge in [-0.1, -0.05) is 12.1 Å². The van der Waals surface area contributed by atoms with E-state index in [4.69, 9.17) is 9.47 Å². The fraction of sp³-hybridized carbons (Fsp3) is 0.389. The second kappa shape index (κ2) is 5.50. The van der Waals surface area contributed by atoms with Crippen LogP contribution in [-0.4, -0.2) is 18.6 Å². The number of hydrogen-bond acceptors (Lipinski definition) is 5. The Labute approximate surface area is 145 Å². The van der Waals surface area contributed by atoms with Gasteiger partial charge in [0.25, 0.3) is 5.91 Å². The monoisotopic (exact) mass is 344 g/mol. The first kappa shape index (κ1) is 15.5. The molecular formula is C18H20N2O3S. The van der Waals surface area contributed by atoms with E-state index in [0.29, 0.717) is 6.61 Å². The minimum Gasteiger partial charge on any atom is -0.497 e. The second-order valence-corrected chi connectivity index (χ2v) is 7.86. The van der Waals surface area contributed by atoms with Gasteiger partial charge in [-0.05, 0) is 37.1 Å². The summed E-state index contributed by atoms with van der Waals surface area (Å²) in [5.41, 5.74) is 2.69. The second-order valence-electron chi connectivity index (χ2n) is 6.76. The molecule has 0 unspecified atom stereocenters. The van der Waals surface area contributed by atoms with Crippen molar-refractivity contribution in [2.75, 3.05) is 12.4 Å². The number of anilines is 1. The number of ether oxygens (including phenoxy) is 2. The van der Waals surface area contributed by atoms with Gasteiger partial charge >= 0.3 is 0 Å². The molecule has 0 saturated heterocycles. The molecule has 0 bridgehead atoms. The maximum Gasteiger partial charge on any atom is 0.256 e. The minimum absolute atomic E-state index is 0.0141. The molecule has 0 aliphatic carbocycles. The molecule has 0 fully saturated rings. The third-order valence-electron chi connectivity index (χ3n) is 4.51. The van der Waals surface area contributed by atoms with Gasteiger partial charge in [0.05, 0.1) is 24.9 Å². The highest BCUT2D eigenvalue weighted by Crippen LogP contribution is 2.43. The molecule has 0 radical (unpaired) electrons. The Morgan fingerprint density at radius 3 is 2.71 bits per heavy atom. The van der Waals surface area contributed by atoms with Crippen molar-refractivity contribution in [1.82, 2.24) is 5.32 Å². The SMILES string of the molecule is COc1ccc([C@@H]2NC(=O)c3c(sc4c3CC(C)(C)OC4)N2)cc1. The smallest absolute Gasteiger partial charge is 0.256 e. The van der Waals surface area contributed by atoms with Crippen molar-refractivity contribution in [3.63, 3.8) is 0 Å². The van der Waals surface area contributed by atoms with Crippen LogP contribution in [0.15, 0.2) is 24.3 Å². The van der Waals surface area contributed by atoms with E-state index in [2.05, 4.69) is 24.5 Å². The Morgan fingerprint density at radius 2 is 2.00 bits per heavy atom. The molecule has 4 rings (SSSR count). The lowest BCUT2D eigenvalue weighted by atomic mass is 9.92. The molecule has 24 heavy (non-hydrogen) atoms. The minimum atomic E-state index is -0.232. The zero-order valence-electron chi connectivity index (χ0n) is 13.9. The molecule has 126 valence electrons. The topological polar surface area (TPSA) is 59.6 Å². The molecule has 6 heteroatoms. The van der Waals surface area contributed by atoms with Gasteiger partial charge in [-0.15, -0.1) is 11.3 Å². The van der Waals surface area contributed by atoms with Gasteiger partial charge in [-0.2, -0.15) is 0 Å². The summed E-state index contributed by atoms with van der Waals surface area (Å²) >= 11 is 1.63. The Bertz CT molecular complexity index is 795. The van der Waals surface area contributed by atoms with Gasteiger partial charge in [0.2, 0.25) is 0 Å². The van der Waals surface area contributed by atoms with Crippen LogP contribution in [0.3, 0.4) is 0 Å². The number of nitrogens with one attached hydrogen (secondary N) is 2. The molecule has 5 nitrogen and oxygen atoms in total. The quantitative estimate of drug-likeness (QED) is 0.876. The standard InChI is InChI=1S/C18H20N2O3S/c1-18(2)8-12-13(9-23-18)24-17-14(12)16(21)19-15(20-17)10-4-6-11(22-3)7-5-10/h4-7,15,20H,8-9H2,1-3H3,(H,19,21)/t15-/m1/s1. The van der Waals surface area contributed by atoms with Crippen LogP contribution < -0.4 is 15.4 Å². The highest BCUT2D eigenvalue weighted by molar-refractivity contribution is 7.16. The molecule has 1 aromatic carbocycles. The first-order chi connectivity index (χ1) is 11.5. The lowest BCUT2D eigenvalue weighted by molar-refractivity contribution is -0.0383. The Kier molecular flexibility index (Phi) is 3.54. The summed E-state index contributed by atoms with van der Waals surface area (Å²) in [6.07, 6.45) is 0.529. The van der Waals surface area contributed by atoms with Crippen molar-refractivity contribution in [2.45, 2.75) is 38.6 Å². The molecule has 2 aliphatic rings. The third kappa shape index (κ3) is 2.56. The number of benzene rings is 1. The number of thiophene rings is 1. The van der Waals surface area contributed by atoms with Crippen LogP contribution in [0, 0.1) is 0 Å². The van der Waals surface area contributed by atoms with E-state index in [1.807, 2.05) is 24.3 Å². The zero-order valence-corrected chi connectivity index (χ0v) is 14.8. The van der Waals surface area contributed by atoms with E-state index in [1.165, 1.54) is 0 Å². The number of rotatable bonds is 2. The van der Waals surface area contributed by atoms with Crippen LogP contribution in [0.4, 0.5) is 5.00 Å². The van der Waals surface area contributed by atoms with Crippen LogP contribution in [-0.2, 0) is 17.8 Å². The maximum absolute atomic E-state index is 12.7. The average Bonchev–Trinajstić information content (AvgIpc) is 2.91. The van der Waals surface area contributed by atoms with Gasteiger partial charge in [0.1, 0.15) is 16.9 Å². The summed E-state index contributed by atoms with van der Waals surface area (Å²) in [7, 11) is 1.64. The summed E-state index contributed by atoms with van der Waals surface area (Å²) in [4.78, 5) is 13.9. The average molecular weight is 344 g/mol. The van der Waals surface area contributed by atoms with Gasteiger partial charge in [-0.3, -0.25) is 4.79 Å². The van der Waals surface area contributed by atoms with Crippen molar-refractivity contribution in [2.24, 2.45) is 0 Å². The number of carbonyl (C=O) groups is 1. The Hall–Kier alpha value is -2.05. The van der Waals surface area contributed by atoms with Crippen molar-refractivity contribution >= 4 is 22.2 Å². The highest BCUT2D eigenvalue weighted by Gasteiger charge is 2.36. The number of carbonyl (C=O) groups excluding carboxylic acids is 1. The van der Waals surface area contributed by atoms with E-state index in [1.54, 1.807) is 18.4 Å².